The fourth-order valence-electron chi connectivity index (χ4n) is 3.09. The van der Waals surface area contributed by atoms with E-state index in [0.717, 1.165) is 39.5 Å². The minimum Gasteiger partial charge on any atom is -0.438 e. The molecule has 0 aliphatic heterocycles. The molecule has 0 aliphatic carbocycles. The molecule has 2 heterocycles. The maximum Gasteiger partial charge on any atom is 0.224 e. The summed E-state index contributed by atoms with van der Waals surface area (Å²) in [6.45, 7) is 8.11. The van der Waals surface area contributed by atoms with Crippen LogP contribution in [0.4, 0.5) is 0 Å². The first-order chi connectivity index (χ1) is 13.5. The number of hydrogen-bond donors (Lipinski definition) is 1. The van der Waals surface area contributed by atoms with Gasteiger partial charge in [0.2, 0.25) is 11.8 Å². The topological polar surface area (TPSA) is 77.2 Å². The van der Waals surface area contributed by atoms with Gasteiger partial charge in [-0.3, -0.25) is 4.79 Å². The Bertz CT molecular complexity index is 939. The smallest absolute Gasteiger partial charge is 0.224 e. The Morgan fingerprint density at radius 1 is 1.11 bits per heavy atom. The van der Waals surface area contributed by atoms with E-state index in [4.69, 9.17) is 9.26 Å². The number of para-hydroxylation sites is 1. The normalized spacial score (nSPS) is 10.7. The molecule has 0 radical (unpaired) electrons. The van der Waals surface area contributed by atoms with Crippen molar-refractivity contribution in [3.63, 3.8) is 0 Å². The molecule has 3 aromatic rings. The highest BCUT2D eigenvalue weighted by Gasteiger charge is 2.13. The summed E-state index contributed by atoms with van der Waals surface area (Å²) in [5, 5.41) is 6.87. The fraction of sp³-hybridized carbons (Fsp3) is 0.318. The van der Waals surface area contributed by atoms with Crippen LogP contribution >= 0.6 is 0 Å². The van der Waals surface area contributed by atoms with Crippen LogP contribution in [-0.4, -0.2) is 16.0 Å². The van der Waals surface area contributed by atoms with Crippen molar-refractivity contribution < 1.29 is 14.1 Å². The van der Waals surface area contributed by atoms with Gasteiger partial charge in [0.05, 0.1) is 5.69 Å². The molecule has 0 fully saturated rings. The van der Waals surface area contributed by atoms with Crippen molar-refractivity contribution in [3.05, 3.63) is 70.2 Å². The summed E-state index contributed by atoms with van der Waals surface area (Å²) in [4.78, 5) is 16.6. The van der Waals surface area contributed by atoms with Gasteiger partial charge in [-0.2, -0.15) is 0 Å². The van der Waals surface area contributed by atoms with Crippen LogP contribution in [0.2, 0.25) is 0 Å². The average Bonchev–Trinajstić information content (AvgIpc) is 3.00. The van der Waals surface area contributed by atoms with Gasteiger partial charge >= 0.3 is 0 Å². The highest BCUT2D eigenvalue weighted by molar-refractivity contribution is 5.76. The fourth-order valence-corrected chi connectivity index (χ4v) is 3.09. The van der Waals surface area contributed by atoms with Crippen molar-refractivity contribution in [3.8, 4) is 11.6 Å². The first-order valence-corrected chi connectivity index (χ1v) is 9.32. The maximum atomic E-state index is 12.3. The van der Waals surface area contributed by atoms with Gasteiger partial charge in [-0.15, -0.1) is 0 Å². The first kappa shape index (κ1) is 19.6. The molecule has 0 saturated heterocycles. The van der Waals surface area contributed by atoms with Crippen LogP contribution in [0.1, 0.15) is 40.1 Å². The van der Waals surface area contributed by atoms with Crippen LogP contribution in [0.25, 0.3) is 0 Å². The minimum atomic E-state index is -0.0399. The van der Waals surface area contributed by atoms with Crippen LogP contribution in [0.3, 0.4) is 0 Å². The Labute approximate surface area is 164 Å². The second-order valence-corrected chi connectivity index (χ2v) is 6.87. The number of carbonyl (C=O) groups is 1. The van der Waals surface area contributed by atoms with Crippen LogP contribution in [0, 0.1) is 27.7 Å². The second-order valence-electron chi connectivity index (χ2n) is 6.87. The predicted octanol–water partition coefficient (Wildman–Crippen LogP) is 4.34. The Morgan fingerprint density at radius 3 is 2.54 bits per heavy atom. The van der Waals surface area contributed by atoms with Crippen LogP contribution in [-0.2, 0) is 17.8 Å². The van der Waals surface area contributed by atoms with Gasteiger partial charge in [-0.1, -0.05) is 29.4 Å². The Balaban J connectivity index is 1.63. The lowest BCUT2D eigenvalue weighted by molar-refractivity contribution is -0.121. The molecule has 0 spiro atoms. The van der Waals surface area contributed by atoms with E-state index in [9.17, 15) is 4.79 Å². The van der Waals surface area contributed by atoms with Gasteiger partial charge < -0.3 is 14.6 Å². The molecule has 6 heteroatoms. The van der Waals surface area contributed by atoms with Crippen LogP contribution in [0.15, 0.2) is 41.1 Å². The van der Waals surface area contributed by atoms with Crippen molar-refractivity contribution in [2.45, 2.75) is 47.1 Å². The number of pyridine rings is 1. The number of aryl methyl sites for hydroxylation is 4. The average molecular weight is 379 g/mol. The molecule has 2 aromatic heterocycles. The van der Waals surface area contributed by atoms with Gasteiger partial charge in [-0.25, -0.2) is 4.98 Å². The van der Waals surface area contributed by atoms with E-state index in [0.29, 0.717) is 25.3 Å². The SMILES string of the molecule is Cc1cccc(C)c1Oc1ncccc1CNC(=O)CCc1c(C)noc1C. The first-order valence-electron chi connectivity index (χ1n) is 9.32. The molecular formula is C22H25N3O3. The van der Waals surface area contributed by atoms with Gasteiger partial charge in [0.1, 0.15) is 11.5 Å². The van der Waals surface area contributed by atoms with E-state index in [1.165, 1.54) is 0 Å². The molecule has 0 saturated carbocycles. The molecule has 1 aromatic carbocycles. The lowest BCUT2D eigenvalue weighted by atomic mass is 10.1. The van der Waals surface area contributed by atoms with Crippen molar-refractivity contribution in [2.24, 2.45) is 0 Å². The van der Waals surface area contributed by atoms with E-state index < -0.39 is 0 Å². The van der Waals surface area contributed by atoms with Crippen molar-refractivity contribution in [1.82, 2.24) is 15.5 Å². The number of benzene rings is 1. The molecule has 0 atom stereocenters. The van der Waals surface area contributed by atoms with E-state index >= 15 is 0 Å². The third kappa shape index (κ3) is 4.57. The number of ether oxygens (including phenoxy) is 1. The minimum absolute atomic E-state index is 0.0399. The van der Waals surface area contributed by atoms with E-state index in [-0.39, 0.29) is 5.91 Å². The summed E-state index contributed by atoms with van der Waals surface area (Å²) in [6.07, 6.45) is 2.66. The molecular weight excluding hydrogens is 354 g/mol. The number of amides is 1. The second kappa shape index (κ2) is 8.69. The molecule has 0 bridgehead atoms. The lowest BCUT2D eigenvalue weighted by Gasteiger charge is -2.14. The highest BCUT2D eigenvalue weighted by atomic mass is 16.5. The van der Waals surface area contributed by atoms with Crippen LogP contribution < -0.4 is 10.1 Å². The zero-order valence-corrected chi connectivity index (χ0v) is 16.7. The van der Waals surface area contributed by atoms with Crippen molar-refractivity contribution in [2.75, 3.05) is 0 Å². The van der Waals surface area contributed by atoms with Gasteiger partial charge in [0.15, 0.2) is 0 Å². The molecule has 0 aliphatic rings. The van der Waals surface area contributed by atoms with Gasteiger partial charge in [-0.05, 0) is 51.3 Å². The summed E-state index contributed by atoms with van der Waals surface area (Å²) in [5.41, 5.74) is 4.74. The zero-order chi connectivity index (χ0) is 20.1. The number of nitrogens with zero attached hydrogens (tertiary/aromatic N) is 2. The predicted molar refractivity (Wildman–Crippen MR) is 106 cm³/mol. The largest absolute Gasteiger partial charge is 0.438 e. The number of carbonyl (C=O) groups excluding carboxylic acids is 1. The van der Waals surface area contributed by atoms with Gasteiger partial charge in [0, 0.05) is 30.3 Å². The number of nitrogens with one attached hydrogen (secondary N) is 1. The molecule has 28 heavy (non-hydrogen) atoms. The molecule has 0 unspecified atom stereocenters. The highest BCUT2D eigenvalue weighted by Crippen LogP contribution is 2.29. The van der Waals surface area contributed by atoms with Gasteiger partial charge in [0.25, 0.3) is 0 Å². The summed E-state index contributed by atoms with van der Waals surface area (Å²) in [7, 11) is 0. The zero-order valence-electron chi connectivity index (χ0n) is 16.7. The molecule has 1 amide bonds. The summed E-state index contributed by atoms with van der Waals surface area (Å²) >= 11 is 0. The monoisotopic (exact) mass is 379 g/mol. The summed E-state index contributed by atoms with van der Waals surface area (Å²) in [5.74, 6) is 2.03. The Hall–Kier alpha value is -3.15. The standard InChI is InChI=1S/C22H25N3O3/c1-14-7-5-8-15(2)21(14)27-22-18(9-6-12-23-22)13-24-20(26)11-10-19-16(3)25-28-17(19)4/h5-9,12H,10-11,13H2,1-4H3,(H,24,26). The lowest BCUT2D eigenvalue weighted by Crippen LogP contribution is -2.23. The van der Waals surface area contributed by atoms with E-state index in [1.54, 1.807) is 6.20 Å². The van der Waals surface area contributed by atoms with E-state index in [2.05, 4.69) is 15.5 Å². The Morgan fingerprint density at radius 2 is 1.86 bits per heavy atom. The molecule has 3 rings (SSSR count). The van der Waals surface area contributed by atoms with E-state index in [1.807, 2.05) is 58.0 Å². The van der Waals surface area contributed by atoms with Crippen molar-refractivity contribution in [1.29, 1.82) is 0 Å². The van der Waals surface area contributed by atoms with Crippen LogP contribution in [0.5, 0.6) is 11.6 Å². The maximum absolute atomic E-state index is 12.3. The summed E-state index contributed by atoms with van der Waals surface area (Å²) < 4.78 is 11.2. The third-order valence-electron chi connectivity index (χ3n) is 4.72. The number of hydrogen-bond acceptors (Lipinski definition) is 5. The molecule has 6 nitrogen and oxygen atoms in total. The number of rotatable bonds is 7. The number of aromatic nitrogens is 2. The van der Waals surface area contributed by atoms with Crippen molar-refractivity contribution >= 4 is 5.91 Å². The Kier molecular flexibility index (Phi) is 6.09. The third-order valence-corrected chi connectivity index (χ3v) is 4.72. The summed E-state index contributed by atoms with van der Waals surface area (Å²) in [6, 6.07) is 9.74. The molecule has 1 N–H and O–H groups in total. The quantitative estimate of drug-likeness (QED) is 0.660. The molecule has 146 valence electrons.